The topological polar surface area (TPSA) is 91.7 Å². The number of methoxy groups -OCH3 is 1. The quantitative estimate of drug-likeness (QED) is 0.367. The molecule has 34 heavy (non-hydrogen) atoms. The number of ketones is 1. The van der Waals surface area contributed by atoms with Gasteiger partial charge in [-0.05, 0) is 53.6 Å². The average Bonchev–Trinajstić information content (AvgIpc) is 2.88. The van der Waals surface area contributed by atoms with Gasteiger partial charge in [0.25, 0.3) is 0 Å². The van der Waals surface area contributed by atoms with Crippen molar-refractivity contribution in [3.05, 3.63) is 60.8 Å². The van der Waals surface area contributed by atoms with Crippen LogP contribution in [0.2, 0.25) is 0 Å². The molecule has 1 aliphatic carbocycles. The van der Waals surface area contributed by atoms with Gasteiger partial charge in [0.1, 0.15) is 12.4 Å². The molecule has 1 saturated carbocycles. The van der Waals surface area contributed by atoms with Gasteiger partial charge in [0.15, 0.2) is 17.3 Å². The Morgan fingerprint density at radius 3 is 2.71 bits per heavy atom. The Morgan fingerprint density at radius 2 is 2.00 bits per heavy atom. The Hall–Kier alpha value is -3.38. The Bertz CT molecular complexity index is 1110. The second-order valence-electron chi connectivity index (χ2n) is 8.60. The van der Waals surface area contributed by atoms with Crippen LogP contribution in [0, 0.1) is 5.92 Å². The minimum atomic E-state index is -0.271. The molecule has 1 heterocycles. The molecule has 4 rings (SSSR count). The van der Waals surface area contributed by atoms with Crippen molar-refractivity contribution in [3.63, 3.8) is 0 Å². The number of hydrogen-bond donors (Lipinski definition) is 3. The predicted octanol–water partition coefficient (Wildman–Crippen LogP) is 6.24. The highest BCUT2D eigenvalue weighted by Gasteiger charge is 2.14. The summed E-state index contributed by atoms with van der Waals surface area (Å²) in [6.45, 7) is 3.50. The first-order valence-corrected chi connectivity index (χ1v) is 11.8. The molecule has 0 aliphatic heterocycles. The van der Waals surface area contributed by atoms with Crippen molar-refractivity contribution in [2.24, 2.45) is 5.92 Å². The predicted molar refractivity (Wildman–Crippen MR) is 138 cm³/mol. The van der Waals surface area contributed by atoms with Crippen LogP contribution in [-0.2, 0) is 4.79 Å². The van der Waals surface area contributed by atoms with E-state index in [-0.39, 0.29) is 18.1 Å². The summed E-state index contributed by atoms with van der Waals surface area (Å²) in [6.07, 6.45) is 11.7. The number of carbonyl (C=O) groups excluding carboxylic acids is 1. The zero-order valence-corrected chi connectivity index (χ0v) is 19.8. The van der Waals surface area contributed by atoms with E-state index >= 15 is 0 Å². The fraction of sp³-hybridized carbons (Fsp3) is 0.357. The monoisotopic (exact) mass is 462 g/mol. The van der Waals surface area contributed by atoms with E-state index in [2.05, 4.69) is 16.9 Å². The van der Waals surface area contributed by atoms with Gasteiger partial charge in [-0.3, -0.25) is 4.79 Å². The second-order valence-corrected chi connectivity index (χ2v) is 8.60. The highest BCUT2D eigenvalue weighted by molar-refractivity contribution is 5.95. The average molecular weight is 463 g/mol. The number of pyridine rings is 1. The number of aliphatic hydroxyl groups is 1. The van der Waals surface area contributed by atoms with Crippen molar-refractivity contribution in [1.82, 2.24) is 4.98 Å². The molecule has 2 aromatic carbocycles. The third kappa shape index (κ3) is 7.06. The smallest absolute Gasteiger partial charge is 0.161 e. The molecule has 6 heteroatoms. The summed E-state index contributed by atoms with van der Waals surface area (Å²) >= 11 is 0. The van der Waals surface area contributed by atoms with Crippen molar-refractivity contribution in [3.8, 4) is 11.5 Å². The zero-order chi connectivity index (χ0) is 24.3. The van der Waals surface area contributed by atoms with Crippen LogP contribution >= 0.6 is 0 Å². The number of Topliss-reactive ketones (excluding diaryl/α,β-unsaturated/α-hetero) is 1. The van der Waals surface area contributed by atoms with Gasteiger partial charge in [-0.1, -0.05) is 56.9 Å². The van der Waals surface area contributed by atoms with Gasteiger partial charge in [0, 0.05) is 23.7 Å². The lowest BCUT2D eigenvalue weighted by Gasteiger charge is -2.20. The van der Waals surface area contributed by atoms with Gasteiger partial charge >= 0.3 is 0 Å². The molecule has 0 spiro atoms. The number of phenols is 1. The van der Waals surface area contributed by atoms with Crippen molar-refractivity contribution < 1.29 is 19.7 Å². The molecular weight excluding hydrogens is 428 g/mol. The molecule has 1 aromatic heterocycles. The van der Waals surface area contributed by atoms with E-state index in [4.69, 9.17) is 9.84 Å². The van der Waals surface area contributed by atoms with Crippen molar-refractivity contribution in [2.75, 3.05) is 19.0 Å². The number of aromatic nitrogens is 1. The largest absolute Gasteiger partial charge is 0.504 e. The molecule has 0 unspecified atom stereocenters. The minimum Gasteiger partial charge on any atom is -0.504 e. The SMILES string of the molecule is C=Cc1cccc(Nc2nccc3cc(OC)c(O)cc23)c1.O=C(CO)CCC1CCCCC1. The number of fused-ring (bicyclic) bond motifs is 1. The molecule has 1 aliphatic rings. The van der Waals surface area contributed by atoms with E-state index < -0.39 is 0 Å². The van der Waals surface area contributed by atoms with Gasteiger partial charge in [-0.25, -0.2) is 4.98 Å². The Morgan fingerprint density at radius 1 is 1.21 bits per heavy atom. The van der Waals surface area contributed by atoms with Crippen LogP contribution in [0.5, 0.6) is 11.5 Å². The van der Waals surface area contributed by atoms with Crippen LogP contribution in [0.3, 0.4) is 0 Å². The molecule has 0 amide bonds. The van der Waals surface area contributed by atoms with Crippen molar-refractivity contribution >= 4 is 34.1 Å². The fourth-order valence-electron chi connectivity index (χ4n) is 4.25. The molecule has 1 fully saturated rings. The summed E-state index contributed by atoms with van der Waals surface area (Å²) in [7, 11) is 1.53. The third-order valence-electron chi connectivity index (χ3n) is 6.18. The van der Waals surface area contributed by atoms with E-state index in [1.54, 1.807) is 24.4 Å². The summed E-state index contributed by atoms with van der Waals surface area (Å²) in [5.74, 6) is 1.97. The standard InChI is InChI=1S/C18H16N2O2.C10H18O2/c1-3-12-5-4-6-14(9-12)20-18-15-11-16(21)17(22-2)10-13(15)7-8-19-18;11-8-10(12)7-6-9-4-2-1-3-5-9/h3-11,21H,1H2,2H3,(H,19,20);9,11H,1-8H2. The second kappa shape index (κ2) is 12.8. The van der Waals surface area contributed by atoms with Gasteiger partial charge in [0.05, 0.1) is 7.11 Å². The first kappa shape index (κ1) is 25.2. The maximum absolute atomic E-state index is 10.8. The van der Waals surface area contributed by atoms with E-state index in [1.807, 2.05) is 30.3 Å². The summed E-state index contributed by atoms with van der Waals surface area (Å²) in [6, 6.07) is 13.2. The van der Waals surface area contributed by atoms with Crippen LogP contribution in [-0.4, -0.2) is 34.7 Å². The Labute approximate surface area is 201 Å². The summed E-state index contributed by atoms with van der Waals surface area (Å²) in [4.78, 5) is 15.2. The lowest BCUT2D eigenvalue weighted by molar-refractivity contribution is -0.122. The molecule has 180 valence electrons. The van der Waals surface area contributed by atoms with Gasteiger partial charge in [-0.2, -0.15) is 0 Å². The Kier molecular flexibility index (Phi) is 9.47. The first-order chi connectivity index (χ1) is 16.5. The van der Waals surface area contributed by atoms with Crippen LogP contribution in [0.15, 0.2) is 55.2 Å². The number of benzene rings is 2. The number of phenolic OH excluding ortho intramolecular Hbond substituents is 1. The number of nitrogens with zero attached hydrogens (tertiary/aromatic N) is 1. The van der Waals surface area contributed by atoms with E-state index in [0.29, 0.717) is 18.0 Å². The highest BCUT2D eigenvalue weighted by atomic mass is 16.5. The molecule has 0 radical (unpaired) electrons. The van der Waals surface area contributed by atoms with E-state index in [1.165, 1.54) is 39.2 Å². The van der Waals surface area contributed by atoms with Crippen LogP contribution < -0.4 is 10.1 Å². The molecule has 0 atom stereocenters. The van der Waals surface area contributed by atoms with Crippen molar-refractivity contribution in [1.29, 1.82) is 0 Å². The lowest BCUT2D eigenvalue weighted by Crippen LogP contribution is -2.10. The van der Waals surface area contributed by atoms with E-state index in [0.717, 1.165) is 34.4 Å². The number of aliphatic hydroxyl groups excluding tert-OH is 1. The lowest BCUT2D eigenvalue weighted by atomic mass is 9.86. The number of hydrogen-bond acceptors (Lipinski definition) is 6. The third-order valence-corrected chi connectivity index (χ3v) is 6.18. The van der Waals surface area contributed by atoms with Crippen LogP contribution in [0.25, 0.3) is 16.8 Å². The molecule has 0 saturated heterocycles. The van der Waals surface area contributed by atoms with Crippen molar-refractivity contribution in [2.45, 2.75) is 44.9 Å². The first-order valence-electron chi connectivity index (χ1n) is 11.8. The number of carbonyl (C=O) groups is 1. The van der Waals surface area contributed by atoms with E-state index in [9.17, 15) is 9.90 Å². The minimum absolute atomic E-state index is 0.000531. The molecular formula is C28H34N2O4. The number of nitrogens with one attached hydrogen (secondary N) is 1. The highest BCUT2D eigenvalue weighted by Crippen LogP contribution is 2.34. The van der Waals surface area contributed by atoms with Gasteiger partial charge < -0.3 is 20.3 Å². The normalized spacial score (nSPS) is 13.6. The molecule has 0 bridgehead atoms. The zero-order valence-electron chi connectivity index (χ0n) is 19.8. The maximum atomic E-state index is 10.8. The number of aromatic hydroxyl groups is 1. The summed E-state index contributed by atoms with van der Waals surface area (Å²) in [5, 5.41) is 23.5. The van der Waals surface area contributed by atoms with Gasteiger partial charge in [-0.15, -0.1) is 0 Å². The molecule has 3 aromatic rings. The number of rotatable bonds is 8. The van der Waals surface area contributed by atoms with Crippen LogP contribution in [0.4, 0.5) is 11.5 Å². The summed E-state index contributed by atoms with van der Waals surface area (Å²) in [5.41, 5.74) is 1.93. The maximum Gasteiger partial charge on any atom is 0.161 e. The Balaban J connectivity index is 0.000000229. The number of ether oxygens (including phenoxy) is 1. The number of anilines is 2. The van der Waals surface area contributed by atoms with Gasteiger partial charge in [0.2, 0.25) is 0 Å². The molecule has 3 N–H and O–H groups in total. The summed E-state index contributed by atoms with van der Waals surface area (Å²) < 4.78 is 5.14. The van der Waals surface area contributed by atoms with Crippen LogP contribution in [0.1, 0.15) is 50.5 Å². The molecule has 6 nitrogen and oxygen atoms in total. The fourth-order valence-corrected chi connectivity index (χ4v) is 4.25.